The summed E-state index contributed by atoms with van der Waals surface area (Å²) >= 11 is 0. The fourth-order valence-electron chi connectivity index (χ4n) is 1.20. The van der Waals surface area contributed by atoms with Crippen molar-refractivity contribution in [2.75, 3.05) is 6.61 Å². The minimum absolute atomic E-state index is 0.102. The van der Waals surface area contributed by atoms with Crippen LogP contribution in [0.1, 0.15) is 30.8 Å². The van der Waals surface area contributed by atoms with Crippen LogP contribution in [0.5, 0.6) is 0 Å². The molecule has 1 heterocycles. The maximum atomic E-state index is 11.7. The molecule has 94 valence electrons. The van der Waals surface area contributed by atoms with Crippen molar-refractivity contribution < 1.29 is 14.8 Å². The largest absolute Gasteiger partial charge is 0.394 e. The van der Waals surface area contributed by atoms with E-state index in [9.17, 15) is 14.9 Å². The lowest BCUT2D eigenvalue weighted by Crippen LogP contribution is -2.48. The zero-order valence-electron chi connectivity index (χ0n) is 9.69. The highest BCUT2D eigenvalue weighted by molar-refractivity contribution is 5.93. The zero-order valence-corrected chi connectivity index (χ0v) is 9.69. The fraction of sp³-hybridized carbons (Fsp3) is 0.500. The molecular weight excluding hydrogens is 226 g/mol. The number of carbonyl (C=O) groups excluding carboxylic acids is 1. The molecule has 0 bridgehead atoms. The molecule has 7 heteroatoms. The molecule has 1 rings (SSSR count). The van der Waals surface area contributed by atoms with Gasteiger partial charge in [0, 0.05) is 6.07 Å². The van der Waals surface area contributed by atoms with Crippen LogP contribution < -0.4 is 5.32 Å². The van der Waals surface area contributed by atoms with Crippen molar-refractivity contribution in [1.29, 1.82) is 0 Å². The van der Waals surface area contributed by atoms with Crippen molar-refractivity contribution in [2.24, 2.45) is 0 Å². The first-order chi connectivity index (χ1) is 7.91. The minimum Gasteiger partial charge on any atom is -0.394 e. The van der Waals surface area contributed by atoms with Gasteiger partial charge in [-0.1, -0.05) is 6.92 Å². The van der Waals surface area contributed by atoms with E-state index in [2.05, 4.69) is 10.3 Å². The fourth-order valence-corrected chi connectivity index (χ4v) is 1.20. The number of hydrogen-bond donors (Lipinski definition) is 3. The second kappa shape index (κ2) is 4.96. The molecule has 1 aromatic rings. The average Bonchev–Trinajstić information content (AvgIpc) is 2.78. The Kier molecular flexibility index (Phi) is 3.84. The van der Waals surface area contributed by atoms with Gasteiger partial charge in [-0.05, 0) is 13.3 Å². The number of aromatic nitrogens is 1. The van der Waals surface area contributed by atoms with E-state index >= 15 is 0 Å². The number of H-pyrrole nitrogens is 1. The van der Waals surface area contributed by atoms with Crippen molar-refractivity contribution in [1.82, 2.24) is 10.3 Å². The molecular formula is C10H15N3O4. The third-order valence-corrected chi connectivity index (χ3v) is 2.67. The van der Waals surface area contributed by atoms with Crippen LogP contribution in [0, 0.1) is 10.1 Å². The molecule has 0 aliphatic carbocycles. The van der Waals surface area contributed by atoms with Crippen LogP contribution in [-0.4, -0.2) is 33.1 Å². The maximum absolute atomic E-state index is 11.7. The average molecular weight is 241 g/mol. The van der Waals surface area contributed by atoms with Crippen LogP contribution in [0.3, 0.4) is 0 Å². The number of aliphatic hydroxyl groups is 1. The van der Waals surface area contributed by atoms with Gasteiger partial charge in [-0.25, -0.2) is 0 Å². The van der Waals surface area contributed by atoms with Gasteiger partial charge in [0.15, 0.2) is 0 Å². The molecule has 17 heavy (non-hydrogen) atoms. The van der Waals surface area contributed by atoms with E-state index in [1.54, 1.807) is 6.92 Å². The normalized spacial score (nSPS) is 14.1. The molecule has 1 unspecified atom stereocenters. The summed E-state index contributed by atoms with van der Waals surface area (Å²) in [6.07, 6.45) is 1.70. The van der Waals surface area contributed by atoms with Crippen LogP contribution >= 0.6 is 0 Å². The predicted octanol–water partition coefficient (Wildman–Crippen LogP) is 0.814. The highest BCUT2D eigenvalue weighted by atomic mass is 16.6. The van der Waals surface area contributed by atoms with Crippen LogP contribution in [0.25, 0.3) is 0 Å². The van der Waals surface area contributed by atoms with E-state index in [4.69, 9.17) is 5.11 Å². The summed E-state index contributed by atoms with van der Waals surface area (Å²) in [6.45, 7) is 3.33. The van der Waals surface area contributed by atoms with Crippen molar-refractivity contribution in [3.63, 3.8) is 0 Å². The molecule has 0 saturated heterocycles. The first-order valence-electron chi connectivity index (χ1n) is 5.18. The van der Waals surface area contributed by atoms with Crippen LogP contribution in [0.4, 0.5) is 5.69 Å². The number of nitrogens with one attached hydrogen (secondary N) is 2. The van der Waals surface area contributed by atoms with Gasteiger partial charge in [-0.3, -0.25) is 14.9 Å². The monoisotopic (exact) mass is 241 g/mol. The summed E-state index contributed by atoms with van der Waals surface area (Å²) in [5, 5.41) is 22.2. The molecule has 0 aliphatic heterocycles. The summed E-state index contributed by atoms with van der Waals surface area (Å²) < 4.78 is 0. The Morgan fingerprint density at radius 2 is 2.35 bits per heavy atom. The van der Waals surface area contributed by atoms with Crippen molar-refractivity contribution in [3.05, 3.63) is 28.1 Å². The lowest BCUT2D eigenvalue weighted by Gasteiger charge is -2.26. The van der Waals surface area contributed by atoms with Gasteiger partial charge in [0.05, 0.1) is 23.3 Å². The molecule has 0 radical (unpaired) electrons. The lowest BCUT2D eigenvalue weighted by atomic mass is 10.0. The Morgan fingerprint density at radius 1 is 1.71 bits per heavy atom. The van der Waals surface area contributed by atoms with Crippen molar-refractivity contribution in [3.8, 4) is 0 Å². The Bertz CT molecular complexity index is 423. The van der Waals surface area contributed by atoms with Crippen LogP contribution in [0.2, 0.25) is 0 Å². The van der Waals surface area contributed by atoms with E-state index in [1.807, 2.05) is 6.92 Å². The number of amides is 1. The highest BCUT2D eigenvalue weighted by Gasteiger charge is 2.25. The van der Waals surface area contributed by atoms with Gasteiger partial charge in [-0.15, -0.1) is 0 Å². The summed E-state index contributed by atoms with van der Waals surface area (Å²) in [4.78, 5) is 24.1. The predicted molar refractivity (Wildman–Crippen MR) is 60.7 cm³/mol. The molecule has 1 aromatic heterocycles. The third-order valence-electron chi connectivity index (χ3n) is 2.67. The minimum atomic E-state index is -0.725. The van der Waals surface area contributed by atoms with Gasteiger partial charge in [0.2, 0.25) is 0 Å². The molecule has 3 N–H and O–H groups in total. The highest BCUT2D eigenvalue weighted by Crippen LogP contribution is 2.14. The van der Waals surface area contributed by atoms with E-state index in [1.165, 1.54) is 0 Å². The Labute approximate surface area is 98.0 Å². The summed E-state index contributed by atoms with van der Waals surface area (Å²) in [7, 11) is 0. The second-order valence-electron chi connectivity index (χ2n) is 4.06. The quantitative estimate of drug-likeness (QED) is 0.523. The van der Waals surface area contributed by atoms with Gasteiger partial charge >= 0.3 is 0 Å². The number of nitrogens with zero attached hydrogens (tertiary/aromatic N) is 1. The molecule has 1 amide bonds. The summed E-state index contributed by atoms with van der Waals surface area (Å²) in [5.74, 6) is -0.475. The molecule has 0 aliphatic rings. The third kappa shape index (κ3) is 3.04. The standard InChI is InChI=1S/C10H15N3O4/c1-3-10(2,6-14)12-9(15)8-4-7(5-11-8)13(16)17/h4-5,11,14H,3,6H2,1-2H3,(H,12,15). The van der Waals surface area contributed by atoms with E-state index in [0.29, 0.717) is 6.42 Å². The number of aromatic amines is 1. The second-order valence-corrected chi connectivity index (χ2v) is 4.06. The van der Waals surface area contributed by atoms with E-state index in [0.717, 1.165) is 12.3 Å². The molecule has 0 aromatic carbocycles. The first kappa shape index (κ1) is 13.2. The van der Waals surface area contributed by atoms with Gasteiger partial charge < -0.3 is 15.4 Å². The molecule has 0 saturated carbocycles. The SMILES string of the molecule is CCC(C)(CO)NC(=O)c1cc([N+](=O)[O-])c[nH]1. The van der Waals surface area contributed by atoms with Crippen molar-refractivity contribution >= 4 is 11.6 Å². The topological polar surface area (TPSA) is 108 Å². The molecule has 1 atom stereocenters. The maximum Gasteiger partial charge on any atom is 0.287 e. The lowest BCUT2D eigenvalue weighted by molar-refractivity contribution is -0.384. The smallest absolute Gasteiger partial charge is 0.287 e. The number of hydrogen-bond acceptors (Lipinski definition) is 4. The van der Waals surface area contributed by atoms with Gasteiger partial charge in [0.25, 0.3) is 11.6 Å². The van der Waals surface area contributed by atoms with Crippen molar-refractivity contribution in [2.45, 2.75) is 25.8 Å². The summed E-state index contributed by atoms with van der Waals surface area (Å²) in [5.41, 5.74) is -0.793. The molecule has 0 spiro atoms. The Balaban J connectivity index is 2.79. The first-order valence-corrected chi connectivity index (χ1v) is 5.18. The molecule has 0 fully saturated rings. The number of rotatable bonds is 5. The Morgan fingerprint density at radius 3 is 2.76 bits per heavy atom. The number of nitro groups is 1. The number of carbonyl (C=O) groups is 1. The molecule has 7 nitrogen and oxygen atoms in total. The van der Waals surface area contributed by atoms with Gasteiger partial charge in [0.1, 0.15) is 5.69 Å². The van der Waals surface area contributed by atoms with Crippen LogP contribution in [0.15, 0.2) is 12.3 Å². The zero-order chi connectivity index (χ0) is 13.1. The van der Waals surface area contributed by atoms with Gasteiger partial charge in [-0.2, -0.15) is 0 Å². The van der Waals surface area contributed by atoms with Crippen LogP contribution in [-0.2, 0) is 0 Å². The Hall–Kier alpha value is -1.89. The van der Waals surface area contributed by atoms with E-state index < -0.39 is 16.4 Å². The number of aliphatic hydroxyl groups excluding tert-OH is 1. The summed E-state index contributed by atoms with van der Waals surface area (Å²) in [6, 6.07) is 1.16. The van der Waals surface area contributed by atoms with E-state index in [-0.39, 0.29) is 18.0 Å².